The number of hydrogen-bond acceptors (Lipinski definition) is 6. The fourth-order valence-corrected chi connectivity index (χ4v) is 2.93. The zero-order chi connectivity index (χ0) is 21.5. The molecular weight excluding hydrogens is 420 g/mol. The fourth-order valence-electron chi connectivity index (χ4n) is 2.61. The van der Waals surface area contributed by atoms with Crippen LogP contribution < -0.4 is 16.3 Å². The smallest absolute Gasteiger partial charge is 0.219 e. The van der Waals surface area contributed by atoms with Gasteiger partial charge >= 0.3 is 0 Å². The number of nitrogens with zero attached hydrogens (tertiary/aromatic N) is 2. The summed E-state index contributed by atoms with van der Waals surface area (Å²) in [7, 11) is 0. The molecule has 0 fully saturated rings. The number of allylic oxidation sites excluding steroid dienone is 1. The van der Waals surface area contributed by atoms with Crippen LogP contribution in [0, 0.1) is 11.3 Å². The van der Waals surface area contributed by atoms with Crippen LogP contribution in [-0.4, -0.2) is 28.3 Å². The van der Waals surface area contributed by atoms with Crippen molar-refractivity contribution in [1.82, 2.24) is 9.99 Å². The van der Waals surface area contributed by atoms with Crippen molar-refractivity contribution < 1.29 is 9.84 Å². The van der Waals surface area contributed by atoms with E-state index >= 15 is 0 Å². The average Bonchev–Trinajstić information content (AvgIpc) is 2.61. The maximum atomic E-state index is 10.6. The Morgan fingerprint density at radius 2 is 2.04 bits per heavy atom. The van der Waals surface area contributed by atoms with E-state index in [1.54, 1.807) is 17.3 Å². The van der Waals surface area contributed by atoms with E-state index in [0.717, 1.165) is 12.1 Å². The van der Waals surface area contributed by atoms with Crippen LogP contribution in [0.4, 0.5) is 0 Å². The summed E-state index contributed by atoms with van der Waals surface area (Å²) in [6.45, 7) is 13.0. The zero-order valence-electron chi connectivity index (χ0n) is 17.9. The maximum absolute atomic E-state index is 10.6. The Morgan fingerprint density at radius 1 is 1.39 bits per heavy atom. The van der Waals surface area contributed by atoms with Gasteiger partial charge in [-0.25, -0.2) is 10.8 Å². The standard InChI is InChI=1S/C21H35BrN4O2/c1-7-9-17(26(24)12-14(2)3)18(23)16(22)13-28-20-15(10-8-11-25-20)19(27)21(4,5)6/h8-11,14,19,27H,7,12-13,23-24H2,1-6H3/b17-9+,18-16-. The van der Waals surface area contributed by atoms with Crippen molar-refractivity contribution in [3.8, 4) is 5.88 Å². The van der Waals surface area contributed by atoms with Gasteiger partial charge in [0.1, 0.15) is 6.61 Å². The van der Waals surface area contributed by atoms with E-state index in [1.165, 1.54) is 0 Å². The summed E-state index contributed by atoms with van der Waals surface area (Å²) < 4.78 is 6.56. The maximum Gasteiger partial charge on any atom is 0.219 e. The molecule has 0 aliphatic carbocycles. The number of pyridine rings is 1. The quantitative estimate of drug-likeness (QED) is 0.293. The van der Waals surface area contributed by atoms with Crippen LogP contribution in [0.3, 0.4) is 0 Å². The summed E-state index contributed by atoms with van der Waals surface area (Å²) in [5, 5.41) is 12.3. The second-order valence-corrected chi connectivity index (χ2v) is 9.27. The molecule has 0 amide bonds. The van der Waals surface area contributed by atoms with Gasteiger partial charge in [0, 0.05) is 18.3 Å². The molecule has 0 aromatic carbocycles. The second kappa shape index (κ2) is 10.8. The highest BCUT2D eigenvalue weighted by atomic mass is 79.9. The van der Waals surface area contributed by atoms with Gasteiger partial charge in [-0.05, 0) is 45.8 Å². The lowest BCUT2D eigenvalue weighted by molar-refractivity contribution is 0.0594. The Bertz CT molecular complexity index is 696. The number of rotatable bonds is 9. The second-order valence-electron chi connectivity index (χ2n) is 8.32. The summed E-state index contributed by atoms with van der Waals surface area (Å²) in [6.07, 6.45) is 3.75. The topological polar surface area (TPSA) is 97.6 Å². The Kier molecular flexibility index (Phi) is 9.47. The Balaban J connectivity index is 3.04. The molecule has 0 spiro atoms. The fraction of sp³-hybridized carbons (Fsp3) is 0.571. The van der Waals surface area contributed by atoms with E-state index in [4.69, 9.17) is 16.3 Å². The minimum atomic E-state index is -0.697. The van der Waals surface area contributed by atoms with Crippen molar-refractivity contribution in [2.45, 2.75) is 54.1 Å². The molecule has 5 N–H and O–H groups in total. The molecular formula is C21H35BrN4O2. The third-order valence-corrected chi connectivity index (χ3v) is 4.74. The van der Waals surface area contributed by atoms with Crippen molar-refractivity contribution in [2.24, 2.45) is 22.9 Å². The summed E-state index contributed by atoms with van der Waals surface area (Å²) in [6, 6.07) is 3.61. The first-order chi connectivity index (χ1) is 13.0. The summed E-state index contributed by atoms with van der Waals surface area (Å²) in [4.78, 5) is 4.28. The molecule has 1 unspecified atom stereocenters. The van der Waals surface area contributed by atoms with Gasteiger partial charge in [0.05, 0.1) is 22.0 Å². The largest absolute Gasteiger partial charge is 0.472 e. The van der Waals surface area contributed by atoms with Gasteiger partial charge in [-0.2, -0.15) is 0 Å². The highest BCUT2D eigenvalue weighted by Crippen LogP contribution is 2.36. The number of aliphatic hydroxyl groups excluding tert-OH is 1. The monoisotopic (exact) mass is 454 g/mol. The predicted molar refractivity (Wildman–Crippen MR) is 118 cm³/mol. The van der Waals surface area contributed by atoms with Crippen molar-refractivity contribution in [1.29, 1.82) is 0 Å². The van der Waals surface area contributed by atoms with Crippen LogP contribution in [0.2, 0.25) is 0 Å². The van der Waals surface area contributed by atoms with Gasteiger partial charge in [-0.3, -0.25) is 0 Å². The van der Waals surface area contributed by atoms with Gasteiger partial charge < -0.3 is 20.6 Å². The molecule has 1 aromatic rings. The predicted octanol–water partition coefficient (Wildman–Crippen LogP) is 4.23. The van der Waals surface area contributed by atoms with E-state index in [0.29, 0.717) is 34.1 Å². The summed E-state index contributed by atoms with van der Waals surface area (Å²) in [5.74, 6) is 7.00. The highest BCUT2D eigenvalue weighted by Gasteiger charge is 2.27. The Morgan fingerprint density at radius 3 is 2.57 bits per heavy atom. The number of hydrogen-bond donors (Lipinski definition) is 3. The van der Waals surface area contributed by atoms with Crippen LogP contribution >= 0.6 is 15.9 Å². The van der Waals surface area contributed by atoms with E-state index in [2.05, 4.69) is 34.8 Å². The van der Waals surface area contributed by atoms with Gasteiger partial charge in [0.25, 0.3) is 0 Å². The molecule has 0 saturated carbocycles. The van der Waals surface area contributed by atoms with Crippen LogP contribution in [0.15, 0.2) is 40.3 Å². The van der Waals surface area contributed by atoms with Crippen molar-refractivity contribution in [3.63, 3.8) is 0 Å². The molecule has 28 heavy (non-hydrogen) atoms. The first-order valence-electron chi connectivity index (χ1n) is 9.61. The molecule has 0 aliphatic heterocycles. The Hall–Kier alpha value is -1.57. The number of halogens is 1. The Labute approximate surface area is 177 Å². The molecule has 6 nitrogen and oxygen atoms in total. The molecule has 0 bridgehead atoms. The van der Waals surface area contributed by atoms with Gasteiger partial charge in [-0.1, -0.05) is 47.6 Å². The lowest BCUT2D eigenvalue weighted by Gasteiger charge is -2.27. The highest BCUT2D eigenvalue weighted by molar-refractivity contribution is 9.11. The number of aromatic nitrogens is 1. The van der Waals surface area contributed by atoms with Crippen molar-refractivity contribution in [3.05, 3.63) is 45.8 Å². The molecule has 0 aliphatic rings. The van der Waals surface area contributed by atoms with E-state index in [9.17, 15) is 5.11 Å². The summed E-state index contributed by atoms with van der Waals surface area (Å²) in [5.41, 5.74) is 7.96. The van der Waals surface area contributed by atoms with Gasteiger partial charge in [-0.15, -0.1) is 0 Å². The number of hydrazine groups is 1. The molecule has 1 heterocycles. The SMILES string of the molecule is CC/C=C(\C(N)=C(\Br)COc1ncccc1C(O)C(C)(C)C)N(N)CC(C)C. The lowest BCUT2D eigenvalue weighted by atomic mass is 9.85. The molecule has 0 saturated heterocycles. The number of aliphatic hydroxyl groups is 1. The van der Waals surface area contributed by atoms with Crippen LogP contribution in [0.1, 0.15) is 59.6 Å². The normalized spacial score (nSPS) is 14.7. The van der Waals surface area contributed by atoms with Crippen LogP contribution in [-0.2, 0) is 0 Å². The van der Waals surface area contributed by atoms with E-state index < -0.39 is 6.10 Å². The van der Waals surface area contributed by atoms with Crippen LogP contribution in [0.25, 0.3) is 0 Å². The zero-order valence-corrected chi connectivity index (χ0v) is 19.5. The number of nitrogens with two attached hydrogens (primary N) is 2. The number of ether oxygens (including phenoxy) is 1. The molecule has 1 rings (SSSR count). The minimum Gasteiger partial charge on any atom is -0.472 e. The first kappa shape index (κ1) is 24.5. The first-order valence-corrected chi connectivity index (χ1v) is 10.4. The lowest BCUT2D eigenvalue weighted by Crippen LogP contribution is -2.36. The van der Waals surface area contributed by atoms with Gasteiger partial charge in [0.15, 0.2) is 0 Å². The summed E-state index contributed by atoms with van der Waals surface area (Å²) >= 11 is 3.52. The molecule has 158 valence electrons. The third kappa shape index (κ3) is 7.11. The van der Waals surface area contributed by atoms with Gasteiger partial charge in [0.2, 0.25) is 5.88 Å². The van der Waals surface area contributed by atoms with Crippen molar-refractivity contribution >= 4 is 15.9 Å². The molecule has 1 atom stereocenters. The van der Waals surface area contributed by atoms with Crippen LogP contribution in [0.5, 0.6) is 5.88 Å². The molecule has 7 heteroatoms. The average molecular weight is 455 g/mol. The molecule has 0 radical (unpaired) electrons. The van der Waals surface area contributed by atoms with Crippen molar-refractivity contribution in [2.75, 3.05) is 13.2 Å². The third-order valence-electron chi connectivity index (χ3n) is 4.09. The van der Waals surface area contributed by atoms with E-state index in [-0.39, 0.29) is 12.0 Å². The van der Waals surface area contributed by atoms with E-state index in [1.807, 2.05) is 39.8 Å². The molecule has 1 aromatic heterocycles. The minimum absolute atomic E-state index is 0.184.